The number of para-hydroxylation sites is 2. The molecule has 8 heteroatoms. The summed E-state index contributed by atoms with van der Waals surface area (Å²) >= 11 is 0. The molecule has 0 saturated heterocycles. The fourth-order valence-electron chi connectivity index (χ4n) is 2.07. The molecule has 2 aromatic rings. The summed E-state index contributed by atoms with van der Waals surface area (Å²) in [5.74, 6) is -0.914. The van der Waals surface area contributed by atoms with Crippen molar-refractivity contribution in [1.29, 1.82) is 0 Å². The van der Waals surface area contributed by atoms with E-state index in [0.29, 0.717) is 5.56 Å². The highest BCUT2D eigenvalue weighted by Crippen LogP contribution is 2.26. The van der Waals surface area contributed by atoms with E-state index < -0.39 is 22.4 Å². The molecule has 128 valence electrons. The summed E-state index contributed by atoms with van der Waals surface area (Å²) in [5, 5.41) is 2.48. The number of carbonyl (C=O) groups is 1. The molecule has 0 bridgehead atoms. The number of carbonyl (C=O) groups excluding carboxylic acids is 1. The molecule has 24 heavy (non-hydrogen) atoms. The average molecular weight is 355 g/mol. The molecule has 5 nitrogen and oxygen atoms in total. The van der Waals surface area contributed by atoms with E-state index in [1.807, 2.05) is 0 Å². The van der Waals surface area contributed by atoms with Crippen LogP contribution in [0.2, 0.25) is 0 Å². The molecule has 0 spiro atoms. The minimum Gasteiger partial charge on any atom is -0.433 e. The van der Waals surface area contributed by atoms with Gasteiger partial charge < -0.3 is 10.1 Å². The summed E-state index contributed by atoms with van der Waals surface area (Å²) < 4.78 is 51.8. The van der Waals surface area contributed by atoms with Crippen molar-refractivity contribution < 1.29 is 26.7 Å². The summed E-state index contributed by atoms with van der Waals surface area (Å²) in [6.45, 7) is -3.01. The third-order valence-corrected chi connectivity index (χ3v) is 3.83. The van der Waals surface area contributed by atoms with Gasteiger partial charge >= 0.3 is 6.61 Å². The predicted molar refractivity (Wildman–Crippen MR) is 86.0 cm³/mol. The van der Waals surface area contributed by atoms with Gasteiger partial charge in [0.2, 0.25) is 0 Å². The van der Waals surface area contributed by atoms with E-state index in [4.69, 9.17) is 0 Å². The molecule has 0 aromatic heterocycles. The summed E-state index contributed by atoms with van der Waals surface area (Å²) in [7, 11) is -3.23. The second-order valence-corrected chi connectivity index (χ2v) is 7.24. The van der Waals surface area contributed by atoms with Crippen molar-refractivity contribution in [1.82, 2.24) is 0 Å². The first-order valence-electron chi connectivity index (χ1n) is 6.86. The number of halogens is 2. The van der Waals surface area contributed by atoms with Crippen LogP contribution in [0.3, 0.4) is 0 Å². The van der Waals surface area contributed by atoms with Crippen LogP contribution >= 0.6 is 0 Å². The molecule has 1 N–H and O–H groups in total. The monoisotopic (exact) mass is 355 g/mol. The smallest absolute Gasteiger partial charge is 0.387 e. The summed E-state index contributed by atoms with van der Waals surface area (Å²) in [6, 6.07) is 11.9. The maximum absolute atomic E-state index is 12.4. The van der Waals surface area contributed by atoms with Crippen LogP contribution in [0.4, 0.5) is 14.5 Å². The summed E-state index contributed by atoms with van der Waals surface area (Å²) in [6.07, 6.45) is 1.09. The minimum absolute atomic E-state index is 0.0938. The Labute approximate surface area is 138 Å². The molecule has 0 aliphatic carbocycles. The molecule has 0 aliphatic rings. The number of amides is 1. The lowest BCUT2D eigenvalue weighted by Gasteiger charge is -2.12. The van der Waals surface area contributed by atoms with E-state index in [0.717, 1.165) is 6.26 Å². The molecule has 1 amide bonds. The Bertz CT molecular complexity index is 837. The van der Waals surface area contributed by atoms with Crippen molar-refractivity contribution in [2.75, 3.05) is 11.6 Å². The van der Waals surface area contributed by atoms with Crippen LogP contribution in [0, 0.1) is 0 Å². The first-order valence-corrected chi connectivity index (χ1v) is 8.92. The number of benzene rings is 2. The number of rotatable bonds is 6. The molecule has 2 aromatic carbocycles. The van der Waals surface area contributed by atoms with E-state index in [9.17, 15) is 22.0 Å². The van der Waals surface area contributed by atoms with Crippen molar-refractivity contribution in [2.45, 2.75) is 12.4 Å². The zero-order chi connectivity index (χ0) is 17.7. The molecule has 0 radical (unpaired) electrons. The van der Waals surface area contributed by atoms with Gasteiger partial charge in [0.15, 0.2) is 9.84 Å². The first-order chi connectivity index (χ1) is 11.2. The van der Waals surface area contributed by atoms with Crippen LogP contribution in [0.5, 0.6) is 5.75 Å². The fraction of sp³-hybridized carbons (Fsp3) is 0.188. The SMILES string of the molecule is CS(=O)(=O)Cc1cccc(C(=O)Nc2ccccc2OC(F)F)c1. The molecule has 0 unspecified atom stereocenters. The lowest BCUT2D eigenvalue weighted by molar-refractivity contribution is -0.0493. The van der Waals surface area contributed by atoms with Crippen LogP contribution in [-0.4, -0.2) is 27.2 Å². The Morgan fingerprint density at radius 3 is 2.54 bits per heavy atom. The normalized spacial score (nSPS) is 11.3. The van der Waals surface area contributed by atoms with Gasteiger partial charge in [0, 0.05) is 11.8 Å². The van der Waals surface area contributed by atoms with Crippen LogP contribution in [-0.2, 0) is 15.6 Å². The van der Waals surface area contributed by atoms with Crippen LogP contribution in [0.1, 0.15) is 15.9 Å². The van der Waals surface area contributed by atoms with E-state index in [1.54, 1.807) is 18.2 Å². The Morgan fingerprint density at radius 1 is 1.17 bits per heavy atom. The predicted octanol–water partition coefficient (Wildman–Crippen LogP) is 3.08. The molecule has 2 rings (SSSR count). The van der Waals surface area contributed by atoms with Gasteiger partial charge in [-0.15, -0.1) is 0 Å². The summed E-state index contributed by atoms with van der Waals surface area (Å²) in [5.41, 5.74) is 0.765. The maximum atomic E-state index is 12.4. The van der Waals surface area contributed by atoms with Gasteiger partial charge in [-0.25, -0.2) is 8.42 Å². The Morgan fingerprint density at radius 2 is 1.88 bits per heavy atom. The van der Waals surface area contributed by atoms with Gasteiger partial charge in [0.25, 0.3) is 5.91 Å². The van der Waals surface area contributed by atoms with Gasteiger partial charge in [-0.1, -0.05) is 24.3 Å². The van der Waals surface area contributed by atoms with Crippen molar-refractivity contribution in [3.63, 3.8) is 0 Å². The fourth-order valence-corrected chi connectivity index (χ4v) is 2.85. The number of ether oxygens (including phenoxy) is 1. The highest BCUT2D eigenvalue weighted by molar-refractivity contribution is 7.89. The van der Waals surface area contributed by atoms with Crippen molar-refractivity contribution in [3.05, 3.63) is 59.7 Å². The molecular weight excluding hydrogens is 340 g/mol. The van der Waals surface area contributed by atoms with Gasteiger partial charge in [0.1, 0.15) is 5.75 Å². The minimum atomic E-state index is -3.23. The van der Waals surface area contributed by atoms with Crippen LogP contribution < -0.4 is 10.1 Å². The van der Waals surface area contributed by atoms with Crippen molar-refractivity contribution in [3.8, 4) is 5.75 Å². The van der Waals surface area contributed by atoms with Gasteiger partial charge in [-0.2, -0.15) is 8.78 Å². The quantitative estimate of drug-likeness (QED) is 0.864. The maximum Gasteiger partial charge on any atom is 0.387 e. The Kier molecular flexibility index (Phi) is 5.50. The Balaban J connectivity index is 2.20. The molecule has 0 heterocycles. The second-order valence-electron chi connectivity index (χ2n) is 5.10. The standard InChI is InChI=1S/C16H15F2NO4S/c1-24(21,22)10-11-5-4-6-12(9-11)15(20)19-13-7-2-3-8-14(13)23-16(17)18/h2-9,16H,10H2,1H3,(H,19,20). The average Bonchev–Trinajstić information content (AvgIpc) is 2.47. The number of hydrogen-bond acceptors (Lipinski definition) is 4. The first kappa shape index (κ1) is 17.9. The van der Waals surface area contributed by atoms with E-state index in [2.05, 4.69) is 10.1 Å². The van der Waals surface area contributed by atoms with E-state index in [-0.39, 0.29) is 22.8 Å². The van der Waals surface area contributed by atoms with Crippen LogP contribution in [0.15, 0.2) is 48.5 Å². The molecule has 0 atom stereocenters. The third kappa shape index (κ3) is 5.31. The van der Waals surface area contributed by atoms with E-state index in [1.165, 1.54) is 30.3 Å². The van der Waals surface area contributed by atoms with Gasteiger partial charge in [-0.3, -0.25) is 4.79 Å². The third-order valence-electron chi connectivity index (χ3n) is 2.97. The molecular formula is C16H15F2NO4S. The Hall–Kier alpha value is -2.48. The van der Waals surface area contributed by atoms with E-state index >= 15 is 0 Å². The molecule has 0 saturated carbocycles. The number of sulfone groups is 1. The lowest BCUT2D eigenvalue weighted by Crippen LogP contribution is -2.14. The second kappa shape index (κ2) is 7.39. The number of hydrogen-bond donors (Lipinski definition) is 1. The van der Waals surface area contributed by atoms with Gasteiger partial charge in [-0.05, 0) is 29.8 Å². The number of alkyl halides is 2. The summed E-state index contributed by atoms with van der Waals surface area (Å²) in [4.78, 5) is 12.3. The molecule has 0 aliphatic heterocycles. The van der Waals surface area contributed by atoms with Crippen molar-refractivity contribution >= 4 is 21.4 Å². The lowest BCUT2D eigenvalue weighted by atomic mass is 10.1. The molecule has 0 fully saturated rings. The number of nitrogens with one attached hydrogen (secondary N) is 1. The van der Waals surface area contributed by atoms with Gasteiger partial charge in [0.05, 0.1) is 11.4 Å². The van der Waals surface area contributed by atoms with Crippen molar-refractivity contribution in [2.24, 2.45) is 0 Å². The topological polar surface area (TPSA) is 72.5 Å². The zero-order valence-corrected chi connectivity index (χ0v) is 13.5. The largest absolute Gasteiger partial charge is 0.433 e. The highest BCUT2D eigenvalue weighted by atomic mass is 32.2. The van der Waals surface area contributed by atoms with Crippen LogP contribution in [0.25, 0.3) is 0 Å². The highest BCUT2D eigenvalue weighted by Gasteiger charge is 2.14. The number of anilines is 1. The zero-order valence-electron chi connectivity index (χ0n) is 12.7.